The second-order valence-corrected chi connectivity index (χ2v) is 5.10. The van der Waals surface area contributed by atoms with E-state index in [9.17, 15) is 9.90 Å². The van der Waals surface area contributed by atoms with Crippen molar-refractivity contribution >= 4 is 5.91 Å². The Kier molecular flexibility index (Phi) is 3.68. The smallest absolute Gasteiger partial charge is 0.292 e. The van der Waals surface area contributed by atoms with Gasteiger partial charge in [-0.05, 0) is 27.4 Å². The van der Waals surface area contributed by atoms with Crippen molar-refractivity contribution in [3.8, 4) is 0 Å². The van der Waals surface area contributed by atoms with E-state index in [1.807, 2.05) is 19.0 Å². The predicted octanol–water partition coefficient (Wildman–Crippen LogP) is 0.120. The van der Waals surface area contributed by atoms with Gasteiger partial charge >= 0.3 is 0 Å². The summed E-state index contributed by atoms with van der Waals surface area (Å²) in [6, 6.07) is 1.65. The molecule has 1 N–H and O–H groups in total. The van der Waals surface area contributed by atoms with Crippen molar-refractivity contribution in [1.82, 2.24) is 15.0 Å². The van der Waals surface area contributed by atoms with Gasteiger partial charge in [-0.15, -0.1) is 0 Å². The van der Waals surface area contributed by atoms with Crippen LogP contribution in [0.4, 0.5) is 0 Å². The molecule has 0 aromatic carbocycles. The van der Waals surface area contributed by atoms with Crippen LogP contribution in [0.25, 0.3) is 0 Å². The number of aryl methyl sites for hydroxylation is 1. The summed E-state index contributed by atoms with van der Waals surface area (Å²) in [6.07, 6.45) is 0.153. The minimum Gasteiger partial charge on any atom is -0.391 e. The van der Waals surface area contributed by atoms with Gasteiger partial charge in [0.05, 0.1) is 11.8 Å². The topological polar surface area (TPSA) is 69.8 Å². The van der Waals surface area contributed by atoms with Crippen molar-refractivity contribution in [3.63, 3.8) is 0 Å². The molecular weight excluding hydrogens is 234 g/mol. The number of aromatic nitrogens is 1. The molecular formula is C12H19N3O3. The first-order valence-corrected chi connectivity index (χ1v) is 6.04. The van der Waals surface area contributed by atoms with Gasteiger partial charge in [0.15, 0.2) is 0 Å². The van der Waals surface area contributed by atoms with E-state index in [4.69, 9.17) is 4.52 Å². The van der Waals surface area contributed by atoms with Crippen LogP contribution in [0.5, 0.6) is 0 Å². The summed E-state index contributed by atoms with van der Waals surface area (Å²) < 4.78 is 4.99. The van der Waals surface area contributed by atoms with Gasteiger partial charge in [-0.2, -0.15) is 0 Å². The molecule has 0 spiro atoms. The fourth-order valence-corrected chi connectivity index (χ4v) is 2.34. The summed E-state index contributed by atoms with van der Waals surface area (Å²) in [5.74, 6) is 0.0457. The lowest BCUT2D eigenvalue weighted by molar-refractivity contribution is 0.0657. The Morgan fingerprint density at radius 1 is 1.67 bits per heavy atom. The summed E-state index contributed by atoms with van der Waals surface area (Å²) in [6.45, 7) is 2.86. The number of nitrogens with zero attached hydrogens (tertiary/aromatic N) is 3. The normalized spacial score (nSPS) is 23.9. The number of amides is 1. The summed E-state index contributed by atoms with van der Waals surface area (Å²) in [5.41, 5.74) is 0.683. The van der Waals surface area contributed by atoms with E-state index in [0.717, 1.165) is 6.54 Å². The van der Waals surface area contributed by atoms with Crippen molar-refractivity contribution < 1.29 is 14.4 Å². The molecule has 2 heterocycles. The Hall–Kier alpha value is -1.40. The molecule has 0 aliphatic carbocycles. The molecule has 1 saturated heterocycles. The number of β-amino-alcohol motifs (C(OH)–C–C–N with tert-alkyl or cyclic N) is 1. The number of aliphatic hydroxyl groups excluding tert-OH is 1. The van der Waals surface area contributed by atoms with Gasteiger partial charge in [0, 0.05) is 25.2 Å². The molecule has 0 radical (unpaired) electrons. The Morgan fingerprint density at radius 2 is 2.39 bits per heavy atom. The van der Waals surface area contributed by atoms with E-state index in [2.05, 4.69) is 5.16 Å². The van der Waals surface area contributed by atoms with Crippen molar-refractivity contribution in [3.05, 3.63) is 17.5 Å². The molecule has 1 aromatic rings. The highest BCUT2D eigenvalue weighted by atomic mass is 16.5. The Labute approximate surface area is 106 Å². The molecule has 6 heteroatoms. The molecule has 1 fully saturated rings. The largest absolute Gasteiger partial charge is 0.391 e. The van der Waals surface area contributed by atoms with Crippen LogP contribution in [0.3, 0.4) is 0 Å². The second-order valence-electron chi connectivity index (χ2n) is 5.10. The van der Waals surface area contributed by atoms with E-state index >= 15 is 0 Å². The average molecular weight is 253 g/mol. The zero-order valence-electron chi connectivity index (χ0n) is 11.0. The number of likely N-dealkylation sites (N-methyl/N-ethyl adjacent to an activating group) is 1. The molecule has 1 aliphatic heterocycles. The highest BCUT2D eigenvalue weighted by molar-refractivity contribution is 5.92. The monoisotopic (exact) mass is 253 g/mol. The highest BCUT2D eigenvalue weighted by Crippen LogP contribution is 2.21. The Morgan fingerprint density at radius 3 is 2.94 bits per heavy atom. The fourth-order valence-electron chi connectivity index (χ4n) is 2.34. The number of hydrogen-bond donors (Lipinski definition) is 1. The Bertz CT molecular complexity index is 430. The zero-order chi connectivity index (χ0) is 13.3. The van der Waals surface area contributed by atoms with Crippen LogP contribution in [0.15, 0.2) is 10.6 Å². The summed E-state index contributed by atoms with van der Waals surface area (Å²) in [7, 11) is 3.90. The lowest BCUT2D eigenvalue weighted by Crippen LogP contribution is -2.41. The molecule has 1 aliphatic rings. The Balaban J connectivity index is 2.12. The third kappa shape index (κ3) is 2.70. The van der Waals surface area contributed by atoms with Crippen LogP contribution in [-0.4, -0.2) is 65.3 Å². The van der Waals surface area contributed by atoms with Gasteiger partial charge < -0.3 is 19.4 Å². The van der Waals surface area contributed by atoms with Crippen molar-refractivity contribution in [1.29, 1.82) is 0 Å². The molecule has 0 saturated carbocycles. The van der Waals surface area contributed by atoms with E-state index in [1.165, 1.54) is 0 Å². The lowest BCUT2D eigenvalue weighted by atomic mass is 10.2. The molecule has 0 bridgehead atoms. The number of aliphatic hydroxyl groups is 1. The quantitative estimate of drug-likeness (QED) is 0.828. The van der Waals surface area contributed by atoms with Crippen LogP contribution in [0.2, 0.25) is 0 Å². The molecule has 18 heavy (non-hydrogen) atoms. The van der Waals surface area contributed by atoms with Crippen molar-refractivity contribution in [2.75, 3.05) is 27.2 Å². The minimum atomic E-state index is -0.456. The standard InChI is InChI=1S/C12H19N3O3/c1-8-4-11(18-13-8)12(17)15-7-10(16)5-9(15)6-14(2)3/h4,9-10,16H,5-7H2,1-3H3. The number of carbonyl (C=O) groups is 1. The average Bonchev–Trinajstić information content (AvgIpc) is 2.83. The molecule has 2 rings (SSSR count). The maximum atomic E-state index is 12.3. The molecule has 6 nitrogen and oxygen atoms in total. The number of carbonyl (C=O) groups excluding carboxylic acids is 1. The van der Waals surface area contributed by atoms with E-state index in [1.54, 1.807) is 17.9 Å². The van der Waals surface area contributed by atoms with Gasteiger partial charge in [0.1, 0.15) is 0 Å². The summed E-state index contributed by atoms with van der Waals surface area (Å²) in [5, 5.41) is 13.4. The van der Waals surface area contributed by atoms with Gasteiger partial charge in [0.25, 0.3) is 5.91 Å². The van der Waals surface area contributed by atoms with Crippen LogP contribution in [0.1, 0.15) is 22.7 Å². The van der Waals surface area contributed by atoms with Gasteiger partial charge in [-0.3, -0.25) is 4.79 Å². The number of hydrogen-bond acceptors (Lipinski definition) is 5. The van der Waals surface area contributed by atoms with E-state index in [0.29, 0.717) is 18.7 Å². The van der Waals surface area contributed by atoms with Gasteiger partial charge in [-0.1, -0.05) is 5.16 Å². The SMILES string of the molecule is Cc1cc(C(=O)N2CC(O)CC2CN(C)C)on1. The minimum absolute atomic E-state index is 0.0212. The van der Waals surface area contributed by atoms with Gasteiger partial charge in [0.2, 0.25) is 5.76 Å². The molecule has 100 valence electrons. The maximum Gasteiger partial charge on any atom is 0.292 e. The third-order valence-corrected chi connectivity index (χ3v) is 3.07. The fraction of sp³-hybridized carbons (Fsp3) is 0.667. The molecule has 1 aromatic heterocycles. The first kappa shape index (κ1) is 13.0. The molecule has 2 unspecified atom stereocenters. The molecule has 2 atom stereocenters. The van der Waals surface area contributed by atoms with Crippen molar-refractivity contribution in [2.45, 2.75) is 25.5 Å². The number of rotatable bonds is 3. The van der Waals surface area contributed by atoms with Gasteiger partial charge in [-0.25, -0.2) is 0 Å². The maximum absolute atomic E-state index is 12.3. The third-order valence-electron chi connectivity index (χ3n) is 3.07. The van der Waals surface area contributed by atoms with Crippen LogP contribution < -0.4 is 0 Å². The van der Waals surface area contributed by atoms with Crippen LogP contribution in [-0.2, 0) is 0 Å². The lowest BCUT2D eigenvalue weighted by Gasteiger charge is -2.25. The zero-order valence-corrected chi connectivity index (χ0v) is 11.0. The first-order valence-electron chi connectivity index (χ1n) is 6.04. The first-order chi connectivity index (χ1) is 8.47. The predicted molar refractivity (Wildman–Crippen MR) is 65.2 cm³/mol. The summed E-state index contributed by atoms with van der Waals surface area (Å²) in [4.78, 5) is 15.9. The number of likely N-dealkylation sites (tertiary alicyclic amines) is 1. The summed E-state index contributed by atoms with van der Waals surface area (Å²) >= 11 is 0. The van der Waals surface area contributed by atoms with E-state index < -0.39 is 6.10 Å². The molecule has 1 amide bonds. The van der Waals surface area contributed by atoms with Crippen LogP contribution in [0, 0.1) is 6.92 Å². The van der Waals surface area contributed by atoms with E-state index in [-0.39, 0.29) is 17.7 Å². The van der Waals surface area contributed by atoms with Crippen molar-refractivity contribution in [2.24, 2.45) is 0 Å². The van der Waals surface area contributed by atoms with Crippen LogP contribution >= 0.6 is 0 Å². The highest BCUT2D eigenvalue weighted by Gasteiger charge is 2.36. The second kappa shape index (κ2) is 5.07.